The van der Waals surface area contributed by atoms with Crippen LogP contribution >= 0.6 is 0 Å². The predicted molar refractivity (Wildman–Crippen MR) is 128 cm³/mol. The van der Waals surface area contributed by atoms with E-state index >= 15 is 0 Å². The van der Waals surface area contributed by atoms with Crippen LogP contribution in [0.3, 0.4) is 0 Å². The van der Waals surface area contributed by atoms with Crippen molar-refractivity contribution in [3.63, 3.8) is 0 Å². The average molecular weight is 449 g/mol. The number of hydrogen-bond donors (Lipinski definition) is 1. The number of ether oxygens (including phenoxy) is 2. The molecule has 3 aromatic rings. The second-order valence-electron chi connectivity index (χ2n) is 8.29. The molecular weight excluding hydrogens is 416 g/mol. The lowest BCUT2D eigenvalue weighted by Crippen LogP contribution is -2.33. The van der Waals surface area contributed by atoms with Crippen LogP contribution in [0.25, 0.3) is 5.69 Å². The van der Waals surface area contributed by atoms with Gasteiger partial charge in [-0.3, -0.25) is 4.79 Å². The number of aromatic nitrogens is 2. The van der Waals surface area contributed by atoms with E-state index in [9.17, 15) is 4.79 Å². The molecule has 0 atom stereocenters. The zero-order valence-corrected chi connectivity index (χ0v) is 19.4. The van der Waals surface area contributed by atoms with Crippen LogP contribution in [0.5, 0.6) is 17.4 Å². The SMILES string of the molecule is COc1ccc(-n2nc(C)c(CCC(=O)NCCN3CCCC3)c2Oc2ccccc2)cc1. The van der Waals surface area contributed by atoms with Crippen LogP contribution < -0.4 is 14.8 Å². The van der Waals surface area contributed by atoms with E-state index in [1.807, 2.05) is 61.5 Å². The molecule has 0 bridgehead atoms. The van der Waals surface area contributed by atoms with Gasteiger partial charge in [-0.15, -0.1) is 0 Å². The Bertz CT molecular complexity index is 1040. The second kappa shape index (κ2) is 11.0. The smallest absolute Gasteiger partial charge is 0.226 e. The molecule has 4 rings (SSSR count). The monoisotopic (exact) mass is 448 g/mol. The number of carbonyl (C=O) groups excluding carboxylic acids is 1. The molecule has 174 valence electrons. The van der Waals surface area contributed by atoms with Crippen molar-refractivity contribution in [2.45, 2.75) is 32.6 Å². The number of hydrogen-bond acceptors (Lipinski definition) is 5. The highest BCUT2D eigenvalue weighted by atomic mass is 16.5. The number of aryl methyl sites for hydroxylation is 1. The summed E-state index contributed by atoms with van der Waals surface area (Å²) in [6.45, 7) is 5.84. The molecule has 0 unspecified atom stereocenters. The van der Waals surface area contributed by atoms with Crippen molar-refractivity contribution in [3.8, 4) is 23.1 Å². The van der Waals surface area contributed by atoms with Gasteiger partial charge in [0.25, 0.3) is 0 Å². The number of methoxy groups -OCH3 is 1. The van der Waals surface area contributed by atoms with Crippen LogP contribution in [0, 0.1) is 6.92 Å². The molecule has 1 aliphatic rings. The molecule has 2 heterocycles. The van der Waals surface area contributed by atoms with E-state index in [0.29, 0.717) is 25.3 Å². The van der Waals surface area contributed by atoms with E-state index in [1.54, 1.807) is 11.8 Å². The van der Waals surface area contributed by atoms with E-state index in [2.05, 4.69) is 10.2 Å². The summed E-state index contributed by atoms with van der Waals surface area (Å²) in [5.41, 5.74) is 2.65. The number of para-hydroxylation sites is 1. The third-order valence-electron chi connectivity index (χ3n) is 5.96. The Labute approximate surface area is 195 Å². The van der Waals surface area contributed by atoms with Gasteiger partial charge in [0.1, 0.15) is 11.5 Å². The molecule has 2 aromatic carbocycles. The Morgan fingerprint density at radius 3 is 2.45 bits per heavy atom. The van der Waals surface area contributed by atoms with Crippen LogP contribution in [0.4, 0.5) is 0 Å². The fourth-order valence-electron chi connectivity index (χ4n) is 4.12. The van der Waals surface area contributed by atoms with Crippen LogP contribution in [0.15, 0.2) is 54.6 Å². The number of nitrogens with zero attached hydrogens (tertiary/aromatic N) is 3. The molecule has 33 heavy (non-hydrogen) atoms. The van der Waals surface area contributed by atoms with Gasteiger partial charge in [0.15, 0.2) is 0 Å². The molecule has 1 aromatic heterocycles. The molecule has 0 saturated carbocycles. The van der Waals surface area contributed by atoms with Crippen molar-refractivity contribution < 1.29 is 14.3 Å². The molecule has 0 aliphatic carbocycles. The van der Waals surface area contributed by atoms with E-state index in [-0.39, 0.29) is 5.91 Å². The van der Waals surface area contributed by atoms with Gasteiger partial charge in [-0.2, -0.15) is 5.10 Å². The third kappa shape index (κ3) is 5.93. The second-order valence-corrected chi connectivity index (χ2v) is 8.29. The zero-order valence-electron chi connectivity index (χ0n) is 19.4. The van der Waals surface area contributed by atoms with Gasteiger partial charge in [0.05, 0.1) is 18.5 Å². The summed E-state index contributed by atoms with van der Waals surface area (Å²) >= 11 is 0. The minimum Gasteiger partial charge on any atom is -0.497 e. The van der Waals surface area contributed by atoms with Crippen molar-refractivity contribution in [3.05, 3.63) is 65.9 Å². The Morgan fingerprint density at radius 2 is 1.76 bits per heavy atom. The average Bonchev–Trinajstić information content (AvgIpc) is 3.46. The minimum absolute atomic E-state index is 0.0523. The molecule has 1 N–H and O–H groups in total. The fourth-order valence-corrected chi connectivity index (χ4v) is 4.12. The van der Waals surface area contributed by atoms with Crippen molar-refractivity contribution >= 4 is 5.91 Å². The predicted octanol–water partition coefficient (Wildman–Crippen LogP) is 4.13. The lowest BCUT2D eigenvalue weighted by Gasteiger charge is -2.15. The van der Waals surface area contributed by atoms with Crippen LogP contribution in [-0.4, -0.2) is 53.9 Å². The van der Waals surface area contributed by atoms with Crippen LogP contribution in [0.1, 0.15) is 30.5 Å². The lowest BCUT2D eigenvalue weighted by molar-refractivity contribution is -0.121. The summed E-state index contributed by atoms with van der Waals surface area (Å²) in [4.78, 5) is 14.9. The van der Waals surface area contributed by atoms with E-state index < -0.39 is 0 Å². The number of likely N-dealkylation sites (tertiary alicyclic amines) is 1. The molecule has 1 fully saturated rings. The zero-order chi connectivity index (χ0) is 23.0. The quantitative estimate of drug-likeness (QED) is 0.505. The third-order valence-corrected chi connectivity index (χ3v) is 5.96. The van der Waals surface area contributed by atoms with Gasteiger partial charge < -0.3 is 19.7 Å². The molecular formula is C26H32N4O3. The van der Waals surface area contributed by atoms with Gasteiger partial charge in [0, 0.05) is 25.1 Å². The standard InChI is InChI=1S/C26H32N4O3/c1-20-24(14-15-25(31)27-16-19-29-17-6-7-18-29)26(33-23-8-4-3-5-9-23)30(28-20)21-10-12-22(32-2)13-11-21/h3-5,8-13H,6-7,14-19H2,1-2H3,(H,27,31). The topological polar surface area (TPSA) is 68.6 Å². The lowest BCUT2D eigenvalue weighted by atomic mass is 10.1. The fraction of sp³-hybridized carbons (Fsp3) is 0.385. The minimum atomic E-state index is 0.0523. The highest BCUT2D eigenvalue weighted by Crippen LogP contribution is 2.32. The van der Waals surface area contributed by atoms with E-state index in [4.69, 9.17) is 14.6 Å². The summed E-state index contributed by atoms with van der Waals surface area (Å²) in [6.07, 6.45) is 3.46. The van der Waals surface area contributed by atoms with Gasteiger partial charge in [-0.25, -0.2) is 4.68 Å². The van der Waals surface area contributed by atoms with Crippen molar-refractivity contribution in [1.82, 2.24) is 20.0 Å². The van der Waals surface area contributed by atoms with Crippen molar-refractivity contribution in [1.29, 1.82) is 0 Å². The maximum atomic E-state index is 12.5. The van der Waals surface area contributed by atoms with E-state index in [1.165, 1.54) is 12.8 Å². The number of rotatable bonds is 10. The number of carbonyl (C=O) groups is 1. The van der Waals surface area contributed by atoms with Crippen LogP contribution in [-0.2, 0) is 11.2 Å². The molecule has 0 radical (unpaired) electrons. The molecule has 0 spiro atoms. The Kier molecular flexibility index (Phi) is 7.62. The number of benzene rings is 2. The summed E-state index contributed by atoms with van der Waals surface area (Å²) < 4.78 is 13.4. The first-order valence-corrected chi connectivity index (χ1v) is 11.6. The van der Waals surface area contributed by atoms with Crippen LogP contribution in [0.2, 0.25) is 0 Å². The largest absolute Gasteiger partial charge is 0.497 e. The summed E-state index contributed by atoms with van der Waals surface area (Å²) in [7, 11) is 1.64. The molecule has 1 aliphatic heterocycles. The van der Waals surface area contributed by atoms with Gasteiger partial charge in [0.2, 0.25) is 11.8 Å². The Morgan fingerprint density at radius 1 is 1.03 bits per heavy atom. The van der Waals surface area contributed by atoms with Crippen molar-refractivity contribution in [2.75, 3.05) is 33.3 Å². The number of nitrogens with one attached hydrogen (secondary N) is 1. The Hall–Kier alpha value is -3.32. The van der Waals surface area contributed by atoms with E-state index in [0.717, 1.165) is 48.1 Å². The molecule has 7 nitrogen and oxygen atoms in total. The van der Waals surface area contributed by atoms with Gasteiger partial charge >= 0.3 is 0 Å². The summed E-state index contributed by atoms with van der Waals surface area (Å²) in [6, 6.07) is 17.3. The maximum Gasteiger partial charge on any atom is 0.226 e. The first-order valence-electron chi connectivity index (χ1n) is 11.6. The summed E-state index contributed by atoms with van der Waals surface area (Å²) in [5, 5.41) is 7.79. The highest BCUT2D eigenvalue weighted by Gasteiger charge is 2.20. The first kappa shape index (κ1) is 22.9. The maximum absolute atomic E-state index is 12.5. The number of amides is 1. The Balaban J connectivity index is 1.49. The van der Waals surface area contributed by atoms with Crippen molar-refractivity contribution in [2.24, 2.45) is 0 Å². The highest BCUT2D eigenvalue weighted by molar-refractivity contribution is 5.76. The van der Waals surface area contributed by atoms with Gasteiger partial charge in [-0.05, 0) is 75.7 Å². The molecule has 7 heteroatoms. The normalized spacial score (nSPS) is 13.8. The van der Waals surface area contributed by atoms with Gasteiger partial charge in [-0.1, -0.05) is 18.2 Å². The molecule has 1 amide bonds. The summed E-state index contributed by atoms with van der Waals surface area (Å²) in [5.74, 6) is 2.19. The molecule has 1 saturated heterocycles. The first-order chi connectivity index (χ1) is 16.1.